The van der Waals surface area contributed by atoms with Crippen molar-refractivity contribution < 1.29 is 0 Å². The molecule has 0 unspecified atom stereocenters. The van der Waals surface area contributed by atoms with Crippen LogP contribution in [0, 0.1) is 28.6 Å². The Morgan fingerprint density at radius 1 is 0.958 bits per heavy atom. The van der Waals surface area contributed by atoms with Crippen molar-refractivity contribution >= 4 is 23.5 Å². The number of nitriles is 1. The van der Waals surface area contributed by atoms with E-state index in [1.54, 1.807) is 0 Å². The average Bonchev–Trinajstić information content (AvgIpc) is 2.63. The van der Waals surface area contributed by atoms with E-state index in [0.29, 0.717) is 0 Å². The minimum atomic E-state index is 0.0261. The lowest BCUT2D eigenvalue weighted by Gasteiger charge is -2.40. The maximum absolute atomic E-state index is 9.71. The first-order valence-corrected chi connectivity index (χ1v) is 12.5. The van der Waals surface area contributed by atoms with E-state index < -0.39 is 0 Å². The molecule has 0 bridgehead atoms. The highest BCUT2D eigenvalue weighted by Crippen LogP contribution is 2.49. The van der Waals surface area contributed by atoms with Crippen LogP contribution in [-0.2, 0) is 0 Å². The predicted octanol–water partition coefficient (Wildman–Crippen LogP) is 7.27. The first-order valence-electron chi connectivity index (χ1n) is 10.4. The molecule has 3 heteroatoms. The summed E-state index contributed by atoms with van der Waals surface area (Å²) in [5.74, 6) is 4.60. The molecule has 0 atom stereocenters. The quantitative estimate of drug-likeness (QED) is 0.400. The van der Waals surface area contributed by atoms with E-state index >= 15 is 0 Å². The summed E-state index contributed by atoms with van der Waals surface area (Å²) < 4.78 is 0.819. The molecule has 1 heterocycles. The first kappa shape index (κ1) is 20.5. The molecule has 0 aromatic heterocycles. The monoisotopic (exact) mass is 367 g/mol. The van der Waals surface area contributed by atoms with Crippen LogP contribution in [0.1, 0.15) is 90.9 Å². The fourth-order valence-corrected chi connectivity index (χ4v) is 7.86. The van der Waals surface area contributed by atoms with Crippen LogP contribution in [0.4, 0.5) is 0 Å². The van der Waals surface area contributed by atoms with E-state index in [1.165, 1.54) is 69.3 Å². The molecule has 24 heavy (non-hydrogen) atoms. The molecule has 0 N–H and O–H groups in total. The summed E-state index contributed by atoms with van der Waals surface area (Å²) in [5, 5.41) is 9.71. The van der Waals surface area contributed by atoms with Gasteiger partial charge in [-0.05, 0) is 61.9 Å². The Bertz CT molecular complexity index is 374. The maximum Gasteiger partial charge on any atom is 0.0689 e. The lowest BCUT2D eigenvalue weighted by Crippen LogP contribution is -2.31. The molecular weight excluding hydrogens is 330 g/mol. The van der Waals surface area contributed by atoms with E-state index in [9.17, 15) is 5.26 Å². The molecule has 1 aliphatic heterocycles. The maximum atomic E-state index is 9.71. The molecule has 1 aliphatic carbocycles. The summed E-state index contributed by atoms with van der Waals surface area (Å²) in [6.07, 6.45) is 15.5. The van der Waals surface area contributed by atoms with E-state index in [4.69, 9.17) is 0 Å². The van der Waals surface area contributed by atoms with Crippen molar-refractivity contribution in [1.82, 2.24) is 0 Å². The zero-order valence-corrected chi connectivity index (χ0v) is 17.5. The predicted molar refractivity (Wildman–Crippen MR) is 110 cm³/mol. The molecule has 1 saturated carbocycles. The highest BCUT2D eigenvalue weighted by molar-refractivity contribution is 8.17. The standard InChI is InChI=1S/C21H37NS2/c1-3-5-7-9-18-15-23-20(24-16-18)19-10-13-21(17-22,14-11-19)12-8-6-4-2/h18-20H,3-16H2,1-2H3. The Kier molecular flexibility index (Phi) is 9.41. The number of unbranched alkanes of at least 4 members (excludes halogenated alkanes) is 4. The zero-order valence-electron chi connectivity index (χ0n) is 15.9. The second kappa shape index (κ2) is 11.0. The Morgan fingerprint density at radius 2 is 1.58 bits per heavy atom. The summed E-state index contributed by atoms with van der Waals surface area (Å²) in [6, 6.07) is 2.72. The third-order valence-corrected chi connectivity index (χ3v) is 9.65. The van der Waals surface area contributed by atoms with Crippen molar-refractivity contribution in [3.63, 3.8) is 0 Å². The Labute approximate surface area is 159 Å². The fourth-order valence-electron chi connectivity index (χ4n) is 4.28. The third kappa shape index (κ3) is 6.17. The lowest BCUT2D eigenvalue weighted by molar-refractivity contribution is 0.200. The first-order chi connectivity index (χ1) is 11.7. The van der Waals surface area contributed by atoms with E-state index in [1.807, 2.05) is 0 Å². The molecular formula is C21H37NS2. The fraction of sp³-hybridized carbons (Fsp3) is 0.952. The van der Waals surface area contributed by atoms with Gasteiger partial charge in [0.15, 0.2) is 0 Å². The third-order valence-electron chi connectivity index (χ3n) is 6.08. The van der Waals surface area contributed by atoms with Crippen LogP contribution in [-0.4, -0.2) is 16.1 Å². The molecule has 0 spiro atoms. The van der Waals surface area contributed by atoms with Crippen LogP contribution in [0.25, 0.3) is 0 Å². The number of hydrogen-bond donors (Lipinski definition) is 0. The van der Waals surface area contributed by atoms with Crippen LogP contribution in [0.2, 0.25) is 0 Å². The van der Waals surface area contributed by atoms with Gasteiger partial charge in [-0.1, -0.05) is 52.4 Å². The summed E-state index contributed by atoms with van der Waals surface area (Å²) in [6.45, 7) is 4.55. The van der Waals surface area contributed by atoms with Crippen molar-refractivity contribution in [2.75, 3.05) is 11.5 Å². The van der Waals surface area contributed by atoms with Crippen LogP contribution in [0.3, 0.4) is 0 Å². The van der Waals surface area contributed by atoms with Gasteiger partial charge in [0.25, 0.3) is 0 Å². The van der Waals surface area contributed by atoms with Gasteiger partial charge in [-0.25, -0.2) is 0 Å². The Morgan fingerprint density at radius 3 is 2.17 bits per heavy atom. The SMILES string of the molecule is CCCCCC1CSC(C2CCC(C#N)(CCCCC)CC2)SC1. The smallest absolute Gasteiger partial charge is 0.0689 e. The van der Waals surface area contributed by atoms with Crippen LogP contribution in [0.5, 0.6) is 0 Å². The van der Waals surface area contributed by atoms with Gasteiger partial charge in [-0.2, -0.15) is 5.26 Å². The average molecular weight is 368 g/mol. The number of hydrogen-bond acceptors (Lipinski definition) is 3. The largest absolute Gasteiger partial charge is 0.198 e. The van der Waals surface area contributed by atoms with Gasteiger partial charge in [-0.15, -0.1) is 23.5 Å². The number of thioether (sulfide) groups is 2. The highest BCUT2D eigenvalue weighted by atomic mass is 32.2. The topological polar surface area (TPSA) is 23.8 Å². The van der Waals surface area contributed by atoms with Gasteiger partial charge in [-0.3, -0.25) is 0 Å². The van der Waals surface area contributed by atoms with E-state index in [0.717, 1.165) is 35.7 Å². The zero-order chi connectivity index (χ0) is 17.3. The number of nitrogens with zero attached hydrogens (tertiary/aromatic N) is 1. The molecule has 0 aromatic carbocycles. The van der Waals surface area contributed by atoms with Crippen molar-refractivity contribution in [2.24, 2.45) is 17.3 Å². The molecule has 1 nitrogen and oxygen atoms in total. The van der Waals surface area contributed by atoms with Gasteiger partial charge in [0.2, 0.25) is 0 Å². The van der Waals surface area contributed by atoms with Gasteiger partial charge in [0, 0.05) is 0 Å². The Balaban J connectivity index is 1.70. The minimum absolute atomic E-state index is 0.0261. The summed E-state index contributed by atoms with van der Waals surface area (Å²) in [4.78, 5) is 0. The van der Waals surface area contributed by atoms with Crippen molar-refractivity contribution in [2.45, 2.75) is 95.5 Å². The van der Waals surface area contributed by atoms with Gasteiger partial charge in [0.1, 0.15) is 0 Å². The molecule has 2 fully saturated rings. The molecule has 2 aliphatic rings. The summed E-state index contributed by atoms with van der Waals surface area (Å²) >= 11 is 4.49. The van der Waals surface area contributed by atoms with Crippen molar-refractivity contribution in [1.29, 1.82) is 5.26 Å². The molecule has 0 aromatic rings. The van der Waals surface area contributed by atoms with Gasteiger partial charge >= 0.3 is 0 Å². The summed E-state index contributed by atoms with van der Waals surface area (Å²) in [7, 11) is 0. The van der Waals surface area contributed by atoms with Gasteiger partial charge < -0.3 is 0 Å². The van der Waals surface area contributed by atoms with E-state index in [2.05, 4.69) is 43.4 Å². The Hall–Kier alpha value is 0.190. The summed E-state index contributed by atoms with van der Waals surface area (Å²) in [5.41, 5.74) is 0.0261. The van der Waals surface area contributed by atoms with Crippen molar-refractivity contribution in [3.05, 3.63) is 0 Å². The molecule has 1 saturated heterocycles. The van der Waals surface area contributed by atoms with Gasteiger partial charge in [0.05, 0.1) is 16.1 Å². The lowest BCUT2D eigenvalue weighted by atomic mass is 9.69. The highest BCUT2D eigenvalue weighted by Gasteiger charge is 2.38. The molecule has 138 valence electrons. The minimum Gasteiger partial charge on any atom is -0.198 e. The molecule has 0 amide bonds. The van der Waals surface area contributed by atoms with E-state index in [-0.39, 0.29) is 5.41 Å². The molecule has 2 rings (SSSR count). The van der Waals surface area contributed by atoms with Crippen LogP contribution >= 0.6 is 23.5 Å². The normalized spacial score (nSPS) is 34.0. The number of rotatable bonds is 9. The molecule has 0 radical (unpaired) electrons. The van der Waals surface area contributed by atoms with Crippen molar-refractivity contribution in [3.8, 4) is 6.07 Å². The second-order valence-electron chi connectivity index (χ2n) is 8.08. The second-order valence-corrected chi connectivity index (χ2v) is 10.7. The van der Waals surface area contributed by atoms with Crippen LogP contribution < -0.4 is 0 Å². The van der Waals surface area contributed by atoms with Crippen LogP contribution in [0.15, 0.2) is 0 Å².